The Morgan fingerprint density at radius 1 is 1.16 bits per heavy atom. The number of hydrogen-bond acceptors (Lipinski definition) is 4. The SMILES string of the molecule is CNc1cc(N(C)Cc2ccc(C)cc2C)ncn1. The van der Waals surface area contributed by atoms with E-state index in [1.165, 1.54) is 16.7 Å². The van der Waals surface area contributed by atoms with E-state index in [0.29, 0.717) is 0 Å². The van der Waals surface area contributed by atoms with E-state index >= 15 is 0 Å². The van der Waals surface area contributed by atoms with Gasteiger partial charge in [0, 0.05) is 26.7 Å². The van der Waals surface area contributed by atoms with Crippen molar-refractivity contribution >= 4 is 11.6 Å². The molecular formula is C15H20N4. The van der Waals surface area contributed by atoms with Crippen LogP contribution >= 0.6 is 0 Å². The summed E-state index contributed by atoms with van der Waals surface area (Å²) in [7, 11) is 3.90. The molecular weight excluding hydrogens is 236 g/mol. The van der Waals surface area contributed by atoms with Gasteiger partial charge in [0.2, 0.25) is 0 Å². The molecule has 0 unspecified atom stereocenters. The molecule has 1 aromatic heterocycles. The Morgan fingerprint density at radius 2 is 1.95 bits per heavy atom. The number of rotatable bonds is 4. The molecule has 4 heteroatoms. The van der Waals surface area contributed by atoms with Crippen molar-refractivity contribution in [2.75, 3.05) is 24.3 Å². The maximum absolute atomic E-state index is 4.31. The maximum atomic E-state index is 4.31. The third-order valence-electron chi connectivity index (χ3n) is 3.21. The lowest BCUT2D eigenvalue weighted by Gasteiger charge is -2.20. The maximum Gasteiger partial charge on any atom is 0.134 e. The van der Waals surface area contributed by atoms with Crippen LogP contribution in [0.15, 0.2) is 30.6 Å². The Morgan fingerprint density at radius 3 is 2.63 bits per heavy atom. The third kappa shape index (κ3) is 3.22. The Kier molecular flexibility index (Phi) is 4.00. The van der Waals surface area contributed by atoms with Crippen molar-refractivity contribution in [3.05, 3.63) is 47.3 Å². The predicted molar refractivity (Wildman–Crippen MR) is 79.6 cm³/mol. The lowest BCUT2D eigenvalue weighted by atomic mass is 10.1. The van der Waals surface area contributed by atoms with Crippen LogP contribution in [0.1, 0.15) is 16.7 Å². The number of nitrogens with one attached hydrogen (secondary N) is 1. The molecule has 100 valence electrons. The highest BCUT2D eigenvalue weighted by molar-refractivity contribution is 5.48. The second kappa shape index (κ2) is 5.69. The molecule has 2 aromatic rings. The molecule has 0 radical (unpaired) electrons. The molecule has 1 N–H and O–H groups in total. The summed E-state index contributed by atoms with van der Waals surface area (Å²) in [5.41, 5.74) is 3.93. The number of benzene rings is 1. The van der Waals surface area contributed by atoms with Crippen molar-refractivity contribution in [2.45, 2.75) is 20.4 Å². The zero-order valence-electron chi connectivity index (χ0n) is 11.9. The number of nitrogens with zero attached hydrogens (tertiary/aromatic N) is 3. The molecule has 4 nitrogen and oxygen atoms in total. The normalized spacial score (nSPS) is 10.3. The fourth-order valence-electron chi connectivity index (χ4n) is 2.05. The Labute approximate surface area is 114 Å². The van der Waals surface area contributed by atoms with Gasteiger partial charge in [-0.05, 0) is 25.0 Å². The number of hydrogen-bond donors (Lipinski definition) is 1. The summed E-state index contributed by atoms with van der Waals surface area (Å²) >= 11 is 0. The van der Waals surface area contributed by atoms with Crippen molar-refractivity contribution < 1.29 is 0 Å². The van der Waals surface area contributed by atoms with E-state index in [2.05, 4.69) is 52.2 Å². The van der Waals surface area contributed by atoms with Crippen LogP contribution in [-0.2, 0) is 6.54 Å². The van der Waals surface area contributed by atoms with Gasteiger partial charge in [-0.3, -0.25) is 0 Å². The minimum absolute atomic E-state index is 0.831. The zero-order chi connectivity index (χ0) is 13.8. The van der Waals surface area contributed by atoms with Crippen LogP contribution in [0.2, 0.25) is 0 Å². The van der Waals surface area contributed by atoms with E-state index in [1.807, 2.05) is 20.2 Å². The molecule has 0 aliphatic carbocycles. The van der Waals surface area contributed by atoms with Crippen molar-refractivity contribution in [1.29, 1.82) is 0 Å². The van der Waals surface area contributed by atoms with Crippen LogP contribution in [0.5, 0.6) is 0 Å². The molecule has 0 bridgehead atoms. The molecule has 0 amide bonds. The topological polar surface area (TPSA) is 41.0 Å². The molecule has 0 aliphatic rings. The van der Waals surface area contributed by atoms with Crippen LogP contribution in [0.25, 0.3) is 0 Å². The van der Waals surface area contributed by atoms with Gasteiger partial charge < -0.3 is 10.2 Å². The van der Waals surface area contributed by atoms with Crippen molar-refractivity contribution in [3.63, 3.8) is 0 Å². The van der Waals surface area contributed by atoms with Gasteiger partial charge >= 0.3 is 0 Å². The Hall–Kier alpha value is -2.10. The monoisotopic (exact) mass is 256 g/mol. The summed E-state index contributed by atoms with van der Waals surface area (Å²) in [5, 5.41) is 3.03. The predicted octanol–water partition coefficient (Wildman–Crippen LogP) is 2.77. The Bertz CT molecular complexity index is 566. The first-order chi connectivity index (χ1) is 9.10. The molecule has 1 heterocycles. The van der Waals surface area contributed by atoms with Gasteiger partial charge in [0.25, 0.3) is 0 Å². The lowest BCUT2D eigenvalue weighted by molar-refractivity contribution is 0.884. The minimum Gasteiger partial charge on any atom is -0.373 e. The van der Waals surface area contributed by atoms with E-state index in [4.69, 9.17) is 0 Å². The first-order valence-corrected chi connectivity index (χ1v) is 6.37. The molecule has 0 fully saturated rings. The van der Waals surface area contributed by atoms with Crippen molar-refractivity contribution in [2.24, 2.45) is 0 Å². The third-order valence-corrected chi connectivity index (χ3v) is 3.21. The second-order valence-corrected chi connectivity index (χ2v) is 4.80. The van der Waals surface area contributed by atoms with Crippen LogP contribution in [-0.4, -0.2) is 24.1 Å². The summed E-state index contributed by atoms with van der Waals surface area (Å²) in [6, 6.07) is 8.49. The highest BCUT2D eigenvalue weighted by atomic mass is 15.2. The zero-order valence-corrected chi connectivity index (χ0v) is 11.9. The lowest BCUT2D eigenvalue weighted by Crippen LogP contribution is -2.18. The molecule has 0 saturated heterocycles. The average Bonchev–Trinajstić information content (AvgIpc) is 2.42. The standard InChI is InChI=1S/C15H20N4/c1-11-5-6-13(12(2)7-11)9-19(4)15-8-14(16-3)17-10-18-15/h5-8,10H,9H2,1-4H3,(H,16,17,18). The number of anilines is 2. The number of aryl methyl sites for hydroxylation is 2. The van der Waals surface area contributed by atoms with Crippen LogP contribution in [0, 0.1) is 13.8 Å². The van der Waals surface area contributed by atoms with E-state index in [9.17, 15) is 0 Å². The molecule has 0 atom stereocenters. The van der Waals surface area contributed by atoms with Gasteiger partial charge in [0.05, 0.1) is 0 Å². The fraction of sp³-hybridized carbons (Fsp3) is 0.333. The van der Waals surface area contributed by atoms with Gasteiger partial charge in [-0.1, -0.05) is 23.8 Å². The molecule has 1 aromatic carbocycles. The van der Waals surface area contributed by atoms with E-state index in [-0.39, 0.29) is 0 Å². The number of aromatic nitrogens is 2. The summed E-state index contributed by atoms with van der Waals surface area (Å²) in [6.07, 6.45) is 1.58. The summed E-state index contributed by atoms with van der Waals surface area (Å²) in [4.78, 5) is 10.6. The van der Waals surface area contributed by atoms with Gasteiger partial charge in [-0.2, -0.15) is 0 Å². The highest BCUT2D eigenvalue weighted by Gasteiger charge is 2.06. The molecule has 19 heavy (non-hydrogen) atoms. The molecule has 0 spiro atoms. The highest BCUT2D eigenvalue weighted by Crippen LogP contribution is 2.17. The molecule has 0 aliphatic heterocycles. The Balaban J connectivity index is 2.17. The fourth-order valence-corrected chi connectivity index (χ4v) is 2.05. The first kappa shape index (κ1) is 13.3. The first-order valence-electron chi connectivity index (χ1n) is 6.37. The van der Waals surface area contributed by atoms with E-state index in [0.717, 1.165) is 18.2 Å². The minimum atomic E-state index is 0.831. The summed E-state index contributed by atoms with van der Waals surface area (Å²) in [6.45, 7) is 5.10. The summed E-state index contributed by atoms with van der Waals surface area (Å²) in [5.74, 6) is 1.75. The van der Waals surface area contributed by atoms with E-state index < -0.39 is 0 Å². The van der Waals surface area contributed by atoms with Crippen LogP contribution in [0.3, 0.4) is 0 Å². The van der Waals surface area contributed by atoms with Gasteiger partial charge in [-0.15, -0.1) is 0 Å². The quantitative estimate of drug-likeness (QED) is 0.913. The van der Waals surface area contributed by atoms with E-state index in [1.54, 1.807) is 6.33 Å². The van der Waals surface area contributed by atoms with Crippen molar-refractivity contribution in [3.8, 4) is 0 Å². The molecule has 0 saturated carbocycles. The van der Waals surface area contributed by atoms with Gasteiger partial charge in [0.15, 0.2) is 0 Å². The van der Waals surface area contributed by atoms with Crippen LogP contribution in [0.4, 0.5) is 11.6 Å². The largest absolute Gasteiger partial charge is 0.373 e. The second-order valence-electron chi connectivity index (χ2n) is 4.80. The molecule has 2 rings (SSSR count). The average molecular weight is 256 g/mol. The smallest absolute Gasteiger partial charge is 0.134 e. The van der Waals surface area contributed by atoms with Gasteiger partial charge in [-0.25, -0.2) is 9.97 Å². The van der Waals surface area contributed by atoms with Crippen molar-refractivity contribution in [1.82, 2.24) is 9.97 Å². The van der Waals surface area contributed by atoms with Gasteiger partial charge in [0.1, 0.15) is 18.0 Å². The van der Waals surface area contributed by atoms with Crippen LogP contribution < -0.4 is 10.2 Å². The summed E-state index contributed by atoms with van der Waals surface area (Å²) < 4.78 is 0.